The second-order valence-corrected chi connectivity index (χ2v) is 18.0. The third kappa shape index (κ3) is 20.3. The molecule has 0 nitrogen and oxygen atoms in total. The summed E-state index contributed by atoms with van der Waals surface area (Å²) in [5, 5.41) is 0. The van der Waals surface area contributed by atoms with Crippen molar-refractivity contribution in [2.24, 2.45) is 0 Å². The summed E-state index contributed by atoms with van der Waals surface area (Å²) in [7, 11) is 13.2. The standard InChI is InChI=1S/C17H26P7.8Y/c1-2-12-5-3-6-13(9-18)16(12)17-14(10-22-19)7-4-8-15(17)11-24(21)23-20;;;;;;;;/h3-8,22-23H,1-2,9-11,18-21H2;;;;;;;;/q-1;;;;;;;;/p+1. The van der Waals surface area contributed by atoms with E-state index in [2.05, 4.69) is 79.3 Å². The first-order valence-electron chi connectivity index (χ1n) is 7.89. The zero-order valence-electron chi connectivity index (χ0n) is 18.5. The second kappa shape index (κ2) is 35.8. The summed E-state index contributed by atoms with van der Waals surface area (Å²) in [5.74, 6) is 0. The molecule has 0 bridgehead atoms. The molecule has 8 radical (unpaired) electrons. The average molecular weight is 1160 g/mol. The van der Waals surface area contributed by atoms with Crippen molar-refractivity contribution in [3.05, 3.63) is 65.6 Å². The summed E-state index contributed by atoms with van der Waals surface area (Å²) in [6.45, 7) is 4.19. The maximum absolute atomic E-state index is 4.19. The fourth-order valence-electron chi connectivity index (χ4n) is 2.99. The normalized spacial score (nSPS) is 10.0. The van der Waals surface area contributed by atoms with E-state index in [1.807, 2.05) is 0 Å². The van der Waals surface area contributed by atoms with Crippen LogP contribution in [-0.2, 0) is 287 Å². The molecule has 0 saturated carbocycles. The van der Waals surface area contributed by atoms with Gasteiger partial charge in [0.05, 0.1) is 6.16 Å². The van der Waals surface area contributed by atoms with Crippen LogP contribution < -0.4 is 0 Å². The molecule has 0 aliphatic heterocycles. The molecular formula is C17H27P7Y8. The monoisotopic (exact) mass is 1160 g/mol. The van der Waals surface area contributed by atoms with Gasteiger partial charge in [-0.05, 0) is 34.0 Å². The van der Waals surface area contributed by atoms with Gasteiger partial charge in [0.15, 0.2) is 0 Å². The molecule has 15 heteroatoms. The summed E-state index contributed by atoms with van der Waals surface area (Å²) in [6, 6.07) is 13.6. The predicted molar refractivity (Wildman–Crippen MR) is 136 cm³/mol. The first kappa shape index (κ1) is 57.9. The van der Waals surface area contributed by atoms with E-state index in [0.29, 0.717) is 8.27 Å². The van der Waals surface area contributed by atoms with E-state index in [1.165, 1.54) is 45.7 Å². The van der Waals surface area contributed by atoms with Crippen LogP contribution in [0.3, 0.4) is 0 Å². The smallest absolute Gasteiger partial charge is 0.0821 e. The molecule has 0 saturated heterocycles. The van der Waals surface area contributed by atoms with Gasteiger partial charge in [0, 0.05) is 285 Å². The van der Waals surface area contributed by atoms with Crippen LogP contribution in [0.1, 0.15) is 22.3 Å². The average Bonchev–Trinajstić information content (AvgIpc) is 2.61. The maximum Gasteiger partial charge on any atom is 0.0821 e. The van der Waals surface area contributed by atoms with Gasteiger partial charge in [0.2, 0.25) is 0 Å². The minimum Gasteiger partial charge on any atom is -0.339 e. The minimum atomic E-state index is -0.0225. The molecule has 2 aromatic rings. The molecule has 0 N–H and O–H groups in total. The molecule has 0 aliphatic rings. The van der Waals surface area contributed by atoms with Gasteiger partial charge in [-0.3, -0.25) is 0 Å². The number of rotatable bonds is 8. The van der Waals surface area contributed by atoms with E-state index in [9.17, 15) is 0 Å². The Bertz CT molecular complexity index is 676. The fraction of sp³-hybridized carbons (Fsp3) is 0.235. The molecule has 0 aromatic heterocycles. The van der Waals surface area contributed by atoms with Crippen molar-refractivity contribution in [2.75, 3.05) is 0 Å². The Morgan fingerprint density at radius 2 is 1.22 bits per heavy atom. The van der Waals surface area contributed by atoms with Crippen molar-refractivity contribution in [3.8, 4) is 11.1 Å². The zero-order valence-corrected chi connectivity index (χ0v) is 48.8. The van der Waals surface area contributed by atoms with Crippen molar-refractivity contribution in [1.82, 2.24) is 0 Å². The number of hydrogen-bond acceptors (Lipinski definition) is 0. The van der Waals surface area contributed by atoms with Crippen LogP contribution in [0.4, 0.5) is 0 Å². The van der Waals surface area contributed by atoms with Crippen LogP contribution in [0.5, 0.6) is 0 Å². The van der Waals surface area contributed by atoms with Gasteiger partial charge in [-0.1, -0.05) is 57.2 Å². The molecule has 0 spiro atoms. The van der Waals surface area contributed by atoms with Gasteiger partial charge in [-0.25, -0.2) is 0 Å². The van der Waals surface area contributed by atoms with Crippen molar-refractivity contribution in [1.29, 1.82) is 0 Å². The molecule has 154 valence electrons. The van der Waals surface area contributed by atoms with Crippen LogP contribution in [-0.4, -0.2) is 0 Å². The second-order valence-electron chi connectivity index (χ2n) is 5.55. The van der Waals surface area contributed by atoms with Crippen LogP contribution in [0.2, 0.25) is 0 Å². The van der Waals surface area contributed by atoms with E-state index in [1.54, 1.807) is 0 Å². The van der Waals surface area contributed by atoms with Crippen molar-refractivity contribution >= 4 is 59.6 Å². The summed E-state index contributed by atoms with van der Waals surface area (Å²) >= 11 is 0. The molecule has 0 heterocycles. The molecule has 2 aromatic carbocycles. The molecule has 7 unspecified atom stereocenters. The third-order valence-electron chi connectivity index (χ3n) is 4.06. The van der Waals surface area contributed by atoms with Gasteiger partial charge in [-0.2, -0.15) is 6.42 Å². The van der Waals surface area contributed by atoms with Crippen molar-refractivity contribution < 1.29 is 262 Å². The van der Waals surface area contributed by atoms with E-state index >= 15 is 0 Å². The number of hydrogen-bond donors (Lipinski definition) is 0. The maximum atomic E-state index is 4.19. The van der Waals surface area contributed by atoms with Crippen molar-refractivity contribution in [2.45, 2.75) is 24.9 Å². The summed E-state index contributed by atoms with van der Waals surface area (Å²) in [4.78, 5) is 0. The Labute approximate surface area is 412 Å². The predicted octanol–water partition coefficient (Wildman–Crippen LogP) is 6.94. The topological polar surface area (TPSA) is 0 Å². The Morgan fingerprint density at radius 1 is 0.781 bits per heavy atom. The Hall–Kier alpha value is 10.3. The Balaban J connectivity index is -0.000000156. The Morgan fingerprint density at radius 3 is 1.66 bits per heavy atom. The first-order chi connectivity index (χ1) is 11.7. The first-order valence-corrected chi connectivity index (χ1v) is 19.0. The largest absolute Gasteiger partial charge is 0.339 e. The van der Waals surface area contributed by atoms with Gasteiger partial charge >= 0.3 is 0 Å². The van der Waals surface area contributed by atoms with E-state index in [0.717, 1.165) is 20.5 Å². The van der Waals surface area contributed by atoms with Gasteiger partial charge in [-0.15, -0.1) is 27.1 Å². The van der Waals surface area contributed by atoms with E-state index in [4.69, 9.17) is 0 Å². The Kier molecular flexibility index (Phi) is 64.7. The zero-order chi connectivity index (χ0) is 17.5. The minimum absolute atomic E-state index is 0. The summed E-state index contributed by atoms with van der Waals surface area (Å²) < 4.78 is 0. The van der Waals surface area contributed by atoms with E-state index in [-0.39, 0.29) is 269 Å². The fourth-order valence-corrected chi connectivity index (χ4v) is 7.60. The molecule has 0 fully saturated rings. The summed E-state index contributed by atoms with van der Waals surface area (Å²) in [5.41, 5.74) is 8.79. The molecule has 2 rings (SSSR count). The molecule has 32 heavy (non-hydrogen) atoms. The number of benzene rings is 2. The van der Waals surface area contributed by atoms with Crippen molar-refractivity contribution in [3.63, 3.8) is 0 Å². The van der Waals surface area contributed by atoms with E-state index < -0.39 is 0 Å². The van der Waals surface area contributed by atoms with Gasteiger partial charge < -0.3 is 6.92 Å². The SMILES string of the molecule is [CH2-]Cc1cccc(CP)c1-c1c(C[PH2+]P)cccc1CP(P)PP.[Y].[Y].[Y].[Y].[Y].[Y].[Y].[Y]. The third-order valence-corrected chi connectivity index (χ3v) is 15.9. The van der Waals surface area contributed by atoms with Crippen LogP contribution in [0, 0.1) is 6.92 Å². The van der Waals surface area contributed by atoms with Gasteiger partial charge in [0.25, 0.3) is 0 Å². The van der Waals surface area contributed by atoms with Gasteiger partial charge in [0.1, 0.15) is 0 Å². The summed E-state index contributed by atoms with van der Waals surface area (Å²) in [6.07, 6.45) is 4.20. The quantitative estimate of drug-likeness (QED) is 0.199. The molecule has 0 aliphatic carbocycles. The van der Waals surface area contributed by atoms with Crippen LogP contribution in [0.25, 0.3) is 11.1 Å². The van der Waals surface area contributed by atoms with Crippen LogP contribution >= 0.6 is 59.6 Å². The van der Waals surface area contributed by atoms with Crippen LogP contribution in [0.15, 0.2) is 36.4 Å². The molecule has 7 atom stereocenters. The molecule has 0 amide bonds. The molecular weight excluding hydrogens is 1130 g/mol.